The molecule has 0 amide bonds. The van der Waals surface area contributed by atoms with Crippen LogP contribution in [0.4, 0.5) is 23.8 Å². The van der Waals surface area contributed by atoms with E-state index in [1.54, 1.807) is 9.36 Å². The Morgan fingerprint density at radius 2 is 1.24 bits per heavy atom. The van der Waals surface area contributed by atoms with Gasteiger partial charge >= 0.3 is 0 Å². The highest BCUT2D eigenvalue weighted by Crippen LogP contribution is 2.26. The van der Waals surface area contributed by atoms with E-state index >= 15 is 0 Å². The van der Waals surface area contributed by atoms with Gasteiger partial charge in [-0.25, -0.2) is 9.36 Å². The lowest BCUT2D eigenvalue weighted by atomic mass is 9.90. The molecule has 0 radical (unpaired) electrons. The van der Waals surface area contributed by atoms with E-state index in [1.807, 2.05) is 40.3 Å². The van der Waals surface area contributed by atoms with Gasteiger partial charge in [0.2, 0.25) is 23.8 Å². The highest BCUT2D eigenvalue weighted by Gasteiger charge is 2.24. The number of piperidine rings is 2. The van der Waals surface area contributed by atoms with Gasteiger partial charge < -0.3 is 21.3 Å². The molecule has 4 aromatic rings. The summed E-state index contributed by atoms with van der Waals surface area (Å²) in [7, 11) is 3.72. The minimum atomic E-state index is 0.349. The number of aryl methyl sites for hydroxylation is 4. The average molecular weight is 573 g/mol. The highest BCUT2D eigenvalue weighted by atomic mass is 15.5. The summed E-state index contributed by atoms with van der Waals surface area (Å²) >= 11 is 0. The van der Waals surface area contributed by atoms with Gasteiger partial charge in [0.1, 0.15) is 0 Å². The largest absolute Gasteiger partial charge is 0.368 e. The number of rotatable bonds is 6. The maximum atomic E-state index is 5.75. The third-order valence-electron chi connectivity index (χ3n) is 8.31. The number of hydrogen-bond donors (Lipinski definition) is 2. The molecule has 0 aromatic carbocycles. The van der Waals surface area contributed by atoms with Crippen molar-refractivity contribution in [3.63, 3.8) is 0 Å². The van der Waals surface area contributed by atoms with Gasteiger partial charge in [0, 0.05) is 64.1 Å². The summed E-state index contributed by atoms with van der Waals surface area (Å²) in [5.74, 6) is 3.91. The molecule has 2 fully saturated rings. The molecule has 0 saturated carbocycles. The van der Waals surface area contributed by atoms with Crippen molar-refractivity contribution in [1.82, 2.24) is 39.5 Å². The third kappa shape index (κ3) is 7.54. The molecule has 2 saturated heterocycles. The van der Waals surface area contributed by atoms with Crippen LogP contribution in [0, 0.1) is 25.7 Å². The van der Waals surface area contributed by atoms with Crippen molar-refractivity contribution in [3.05, 3.63) is 59.2 Å². The smallest absolute Gasteiger partial charge is 0.246 e. The van der Waals surface area contributed by atoms with Crippen LogP contribution in [0.5, 0.6) is 0 Å². The predicted molar refractivity (Wildman–Crippen MR) is 166 cm³/mol. The quantitative estimate of drug-likeness (QED) is 0.353. The number of aromatic nitrogens is 8. The maximum absolute atomic E-state index is 5.75. The average Bonchev–Trinajstić information content (AvgIpc) is 3.49. The normalized spacial score (nSPS) is 16.4. The zero-order chi connectivity index (χ0) is 29.6. The lowest BCUT2D eigenvalue weighted by Gasteiger charge is -2.32. The molecular formula is C30H44N12. The Labute approximate surface area is 248 Å². The second kappa shape index (κ2) is 13.2. The number of pyridine rings is 2. The van der Waals surface area contributed by atoms with Crippen molar-refractivity contribution in [3.8, 4) is 0 Å². The van der Waals surface area contributed by atoms with Gasteiger partial charge in [-0.2, -0.15) is 9.97 Å². The van der Waals surface area contributed by atoms with Gasteiger partial charge in [-0.15, -0.1) is 10.2 Å². The van der Waals surface area contributed by atoms with Crippen molar-refractivity contribution in [1.29, 1.82) is 0 Å². The lowest BCUT2D eigenvalue weighted by molar-refractivity contribution is 0.398. The molecule has 0 unspecified atom stereocenters. The fourth-order valence-electron chi connectivity index (χ4n) is 5.99. The van der Waals surface area contributed by atoms with E-state index in [1.165, 1.54) is 36.8 Å². The molecule has 4 N–H and O–H groups in total. The number of nitrogens with two attached hydrogens (primary N) is 2. The van der Waals surface area contributed by atoms with Crippen LogP contribution in [0.2, 0.25) is 0 Å². The molecule has 2 aliphatic rings. The SMILES string of the molecule is Cc1cc(CC2CCN(c3nc(N)n(C)n3)CC2)ccn1.Cc1cc(CC2CCN(c3nc(N)nn3C)CC2)ccn1. The Morgan fingerprint density at radius 1 is 0.714 bits per heavy atom. The summed E-state index contributed by atoms with van der Waals surface area (Å²) in [6.45, 7) is 8.12. The predicted octanol–water partition coefficient (Wildman–Crippen LogP) is 3.12. The van der Waals surface area contributed by atoms with Crippen LogP contribution in [-0.2, 0) is 26.9 Å². The summed E-state index contributed by atoms with van der Waals surface area (Å²) in [4.78, 5) is 21.6. The molecule has 42 heavy (non-hydrogen) atoms. The van der Waals surface area contributed by atoms with E-state index < -0.39 is 0 Å². The minimum Gasteiger partial charge on any atom is -0.368 e. The Bertz CT molecular complexity index is 1420. The Kier molecular flexibility index (Phi) is 9.19. The summed E-state index contributed by atoms with van der Waals surface area (Å²) in [5.41, 5.74) is 16.4. The molecule has 6 rings (SSSR count). The topological polar surface area (TPSA) is 146 Å². The van der Waals surface area contributed by atoms with Gasteiger partial charge in [0.25, 0.3) is 0 Å². The first-order valence-corrected chi connectivity index (χ1v) is 14.9. The van der Waals surface area contributed by atoms with Gasteiger partial charge in [-0.05, 0) is 99.6 Å². The van der Waals surface area contributed by atoms with E-state index in [0.29, 0.717) is 11.9 Å². The molecule has 224 valence electrons. The standard InChI is InChI=1S/2C15H22N6/c1-11-9-13(3-6-17-11)10-12-4-7-21(8-5-12)15-18-14(16)20(2)19-15;1-11-9-13(3-6-17-11)10-12-4-7-21(8-5-12)15-18-14(16)19-20(15)2/h3,6,9,12H,4-5,7-8,10H2,1-2H3,(H2,16,18,19);3,6,9,12H,4-5,7-8,10H2,1-2H3,(H2,16,19). The van der Waals surface area contributed by atoms with Crippen LogP contribution in [-0.4, -0.2) is 65.7 Å². The molecule has 12 nitrogen and oxygen atoms in total. The summed E-state index contributed by atoms with van der Waals surface area (Å²) in [5, 5.41) is 8.47. The molecule has 0 atom stereocenters. The number of nitrogens with zero attached hydrogens (tertiary/aromatic N) is 10. The lowest BCUT2D eigenvalue weighted by Crippen LogP contribution is -2.36. The van der Waals surface area contributed by atoms with Gasteiger partial charge in [0.15, 0.2) is 0 Å². The van der Waals surface area contributed by atoms with Crippen LogP contribution >= 0.6 is 0 Å². The molecule has 6 heterocycles. The molecule has 0 aliphatic carbocycles. The Morgan fingerprint density at radius 3 is 1.67 bits per heavy atom. The number of hydrogen-bond acceptors (Lipinski definition) is 10. The maximum Gasteiger partial charge on any atom is 0.246 e. The van der Waals surface area contributed by atoms with Gasteiger partial charge in [0.05, 0.1) is 0 Å². The van der Waals surface area contributed by atoms with Crippen LogP contribution < -0.4 is 21.3 Å². The van der Waals surface area contributed by atoms with Gasteiger partial charge in [-0.3, -0.25) is 9.97 Å². The number of anilines is 4. The van der Waals surface area contributed by atoms with Crippen molar-refractivity contribution in [2.24, 2.45) is 25.9 Å². The third-order valence-corrected chi connectivity index (χ3v) is 8.31. The summed E-state index contributed by atoms with van der Waals surface area (Å²) in [6, 6.07) is 8.63. The van der Waals surface area contributed by atoms with E-state index in [4.69, 9.17) is 11.5 Å². The molecule has 12 heteroatoms. The molecule has 0 spiro atoms. The summed E-state index contributed by atoms with van der Waals surface area (Å²) < 4.78 is 3.39. The second-order valence-corrected chi connectivity index (χ2v) is 11.7. The highest BCUT2D eigenvalue weighted by molar-refractivity contribution is 5.36. The van der Waals surface area contributed by atoms with Crippen LogP contribution in [0.25, 0.3) is 0 Å². The Hall–Kier alpha value is -4.22. The fourth-order valence-corrected chi connectivity index (χ4v) is 5.99. The van der Waals surface area contributed by atoms with Crippen molar-refractivity contribution < 1.29 is 0 Å². The Balaban J connectivity index is 0.000000168. The van der Waals surface area contributed by atoms with Crippen LogP contribution in [0.1, 0.15) is 48.2 Å². The molecule has 4 aromatic heterocycles. The first-order valence-electron chi connectivity index (χ1n) is 14.9. The second-order valence-electron chi connectivity index (χ2n) is 11.7. The molecule has 2 aliphatic heterocycles. The van der Waals surface area contributed by atoms with Crippen LogP contribution in [0.15, 0.2) is 36.7 Å². The van der Waals surface area contributed by atoms with E-state index in [9.17, 15) is 0 Å². The molecular weight excluding hydrogens is 528 g/mol. The first kappa shape index (κ1) is 29.3. The van der Waals surface area contributed by atoms with E-state index in [0.717, 1.165) is 74.1 Å². The van der Waals surface area contributed by atoms with E-state index in [2.05, 4.69) is 64.2 Å². The zero-order valence-corrected chi connectivity index (χ0v) is 25.3. The van der Waals surface area contributed by atoms with E-state index in [-0.39, 0.29) is 0 Å². The first-order chi connectivity index (χ1) is 20.2. The van der Waals surface area contributed by atoms with Crippen LogP contribution in [0.3, 0.4) is 0 Å². The van der Waals surface area contributed by atoms with Gasteiger partial charge in [-0.1, -0.05) is 0 Å². The minimum absolute atomic E-state index is 0.349. The van der Waals surface area contributed by atoms with Crippen molar-refractivity contribution in [2.75, 3.05) is 47.4 Å². The van der Waals surface area contributed by atoms with Crippen molar-refractivity contribution in [2.45, 2.75) is 52.4 Å². The zero-order valence-electron chi connectivity index (χ0n) is 25.3. The fraction of sp³-hybridized carbons (Fsp3) is 0.533. The van der Waals surface area contributed by atoms with Crippen molar-refractivity contribution >= 4 is 23.8 Å². The molecule has 0 bridgehead atoms. The summed E-state index contributed by atoms with van der Waals surface area (Å²) in [6.07, 6.45) is 10.8. The number of nitrogen functional groups attached to an aromatic ring is 2. The monoisotopic (exact) mass is 572 g/mol.